The first-order valence-electron chi connectivity index (χ1n) is 6.34. The topological polar surface area (TPSA) is 73.3 Å². The van der Waals surface area contributed by atoms with Crippen molar-refractivity contribution in [2.45, 2.75) is 37.8 Å². The minimum Gasteiger partial charge on any atom is -0.397 e. The molecule has 96 valence electrons. The van der Waals surface area contributed by atoms with Gasteiger partial charge in [-0.3, -0.25) is 0 Å². The molecule has 2 unspecified atom stereocenters. The second-order valence-corrected chi connectivity index (χ2v) is 4.92. The standard InChI is InChI=1S/C14H19N3O/c1-17(13-4-2-3-5-14(13)18)12-7-6-10(9-15)8-11(12)16/h6-8,13-14,18H,2-5,16H2,1H3. The molecule has 2 rings (SSSR count). The number of benzene rings is 1. The maximum atomic E-state index is 10.1. The van der Waals surface area contributed by atoms with Crippen LogP contribution in [0.1, 0.15) is 31.2 Å². The number of aliphatic hydroxyl groups excluding tert-OH is 1. The third-order valence-electron chi connectivity index (χ3n) is 3.73. The molecule has 0 radical (unpaired) electrons. The Hall–Kier alpha value is -1.73. The minimum absolute atomic E-state index is 0.119. The number of rotatable bonds is 2. The van der Waals surface area contributed by atoms with E-state index in [2.05, 4.69) is 6.07 Å². The van der Waals surface area contributed by atoms with Crippen LogP contribution in [0.5, 0.6) is 0 Å². The summed E-state index contributed by atoms with van der Waals surface area (Å²) in [5.41, 5.74) is 8.02. The van der Waals surface area contributed by atoms with Crippen molar-refractivity contribution in [1.82, 2.24) is 0 Å². The molecule has 1 saturated carbocycles. The maximum absolute atomic E-state index is 10.1. The van der Waals surface area contributed by atoms with E-state index < -0.39 is 0 Å². The Kier molecular flexibility index (Phi) is 3.73. The van der Waals surface area contributed by atoms with Crippen molar-refractivity contribution < 1.29 is 5.11 Å². The van der Waals surface area contributed by atoms with Crippen LogP contribution in [-0.4, -0.2) is 24.3 Å². The van der Waals surface area contributed by atoms with E-state index in [1.807, 2.05) is 18.0 Å². The molecule has 0 saturated heterocycles. The lowest BCUT2D eigenvalue weighted by atomic mass is 9.91. The normalized spacial score (nSPS) is 23.4. The van der Waals surface area contributed by atoms with Crippen molar-refractivity contribution >= 4 is 11.4 Å². The van der Waals surface area contributed by atoms with Gasteiger partial charge in [0.1, 0.15) is 0 Å². The van der Waals surface area contributed by atoms with Gasteiger partial charge in [0.15, 0.2) is 0 Å². The van der Waals surface area contributed by atoms with Crippen molar-refractivity contribution in [3.63, 3.8) is 0 Å². The Morgan fingerprint density at radius 1 is 1.39 bits per heavy atom. The van der Waals surface area contributed by atoms with Gasteiger partial charge in [-0.1, -0.05) is 12.8 Å². The molecule has 18 heavy (non-hydrogen) atoms. The van der Waals surface area contributed by atoms with Gasteiger partial charge in [0, 0.05) is 7.05 Å². The maximum Gasteiger partial charge on any atom is 0.0992 e. The van der Waals surface area contributed by atoms with Crippen molar-refractivity contribution in [2.24, 2.45) is 0 Å². The third kappa shape index (κ3) is 2.41. The van der Waals surface area contributed by atoms with Crippen molar-refractivity contribution in [1.29, 1.82) is 5.26 Å². The van der Waals surface area contributed by atoms with Crippen LogP contribution in [0.4, 0.5) is 11.4 Å². The lowest BCUT2D eigenvalue weighted by Gasteiger charge is -2.37. The van der Waals surface area contributed by atoms with Gasteiger partial charge >= 0.3 is 0 Å². The van der Waals surface area contributed by atoms with Gasteiger partial charge in [-0.05, 0) is 31.0 Å². The largest absolute Gasteiger partial charge is 0.397 e. The molecule has 0 heterocycles. The first kappa shape index (κ1) is 12.7. The number of hydrogen-bond donors (Lipinski definition) is 2. The Morgan fingerprint density at radius 3 is 2.72 bits per heavy atom. The summed E-state index contributed by atoms with van der Waals surface area (Å²) < 4.78 is 0. The van der Waals surface area contributed by atoms with E-state index in [9.17, 15) is 5.11 Å². The zero-order valence-electron chi connectivity index (χ0n) is 10.6. The summed E-state index contributed by atoms with van der Waals surface area (Å²) in [6.45, 7) is 0. The third-order valence-corrected chi connectivity index (χ3v) is 3.73. The monoisotopic (exact) mass is 245 g/mol. The Labute approximate surface area is 108 Å². The van der Waals surface area contributed by atoms with E-state index in [4.69, 9.17) is 11.0 Å². The summed E-state index contributed by atoms with van der Waals surface area (Å²) in [7, 11) is 1.96. The molecule has 3 N–H and O–H groups in total. The fourth-order valence-corrected chi connectivity index (χ4v) is 2.67. The molecule has 0 bridgehead atoms. The van der Waals surface area contributed by atoms with E-state index in [0.29, 0.717) is 11.3 Å². The first-order valence-corrected chi connectivity index (χ1v) is 6.34. The highest BCUT2D eigenvalue weighted by Crippen LogP contribution is 2.30. The predicted octanol–water partition coefficient (Wildman–Crippen LogP) is 1.88. The second kappa shape index (κ2) is 5.28. The van der Waals surface area contributed by atoms with Gasteiger partial charge in [-0.2, -0.15) is 5.26 Å². The van der Waals surface area contributed by atoms with Gasteiger partial charge in [0.25, 0.3) is 0 Å². The number of hydrogen-bond acceptors (Lipinski definition) is 4. The van der Waals surface area contributed by atoms with Crippen LogP contribution < -0.4 is 10.6 Å². The van der Waals surface area contributed by atoms with Crippen LogP contribution in [0.25, 0.3) is 0 Å². The lowest BCUT2D eigenvalue weighted by molar-refractivity contribution is 0.106. The first-order chi connectivity index (χ1) is 8.63. The smallest absolute Gasteiger partial charge is 0.0992 e. The van der Waals surface area contributed by atoms with Crippen LogP contribution in [0.15, 0.2) is 18.2 Å². The number of nitrogens with two attached hydrogens (primary N) is 1. The van der Waals surface area contributed by atoms with E-state index in [0.717, 1.165) is 31.4 Å². The Balaban J connectivity index is 2.22. The number of nitriles is 1. The van der Waals surface area contributed by atoms with Crippen LogP contribution in [-0.2, 0) is 0 Å². The van der Waals surface area contributed by atoms with Crippen LogP contribution >= 0.6 is 0 Å². The Bertz CT molecular complexity index is 467. The molecule has 1 aliphatic carbocycles. The minimum atomic E-state index is -0.293. The van der Waals surface area contributed by atoms with Gasteiger partial charge in [0.2, 0.25) is 0 Å². The number of anilines is 2. The summed E-state index contributed by atoms with van der Waals surface area (Å²) in [5, 5.41) is 18.9. The van der Waals surface area contributed by atoms with Crippen molar-refractivity contribution in [2.75, 3.05) is 17.7 Å². The van der Waals surface area contributed by atoms with Crippen LogP contribution in [0.2, 0.25) is 0 Å². The van der Waals surface area contributed by atoms with Crippen LogP contribution in [0, 0.1) is 11.3 Å². The molecule has 4 heteroatoms. The van der Waals surface area contributed by atoms with E-state index >= 15 is 0 Å². The van der Waals surface area contributed by atoms with Gasteiger partial charge in [-0.15, -0.1) is 0 Å². The predicted molar refractivity (Wildman–Crippen MR) is 72.2 cm³/mol. The molecule has 1 aliphatic rings. The van der Waals surface area contributed by atoms with Crippen LogP contribution in [0.3, 0.4) is 0 Å². The molecule has 2 atom stereocenters. The summed E-state index contributed by atoms with van der Waals surface area (Å²) >= 11 is 0. The van der Waals surface area contributed by atoms with Gasteiger partial charge < -0.3 is 15.7 Å². The molecule has 0 aliphatic heterocycles. The molecule has 1 fully saturated rings. The second-order valence-electron chi connectivity index (χ2n) is 4.92. The SMILES string of the molecule is CN(c1ccc(C#N)cc1N)C1CCCCC1O. The molecule has 0 spiro atoms. The summed E-state index contributed by atoms with van der Waals surface area (Å²) in [6.07, 6.45) is 3.78. The highest BCUT2D eigenvalue weighted by molar-refractivity contribution is 5.69. The van der Waals surface area contributed by atoms with Gasteiger partial charge in [0.05, 0.1) is 35.2 Å². The molecule has 4 nitrogen and oxygen atoms in total. The van der Waals surface area contributed by atoms with Crippen molar-refractivity contribution in [3.05, 3.63) is 23.8 Å². The number of aliphatic hydroxyl groups is 1. The summed E-state index contributed by atoms with van der Waals surface area (Å²) in [5.74, 6) is 0. The van der Waals surface area contributed by atoms with E-state index in [-0.39, 0.29) is 12.1 Å². The van der Waals surface area contributed by atoms with Gasteiger partial charge in [-0.25, -0.2) is 0 Å². The number of nitrogens with zero attached hydrogens (tertiary/aromatic N) is 2. The molecular formula is C14H19N3O. The van der Waals surface area contributed by atoms with Crippen molar-refractivity contribution in [3.8, 4) is 6.07 Å². The zero-order chi connectivity index (χ0) is 13.1. The van der Waals surface area contributed by atoms with E-state index in [1.54, 1.807) is 12.1 Å². The zero-order valence-corrected chi connectivity index (χ0v) is 10.6. The molecular weight excluding hydrogens is 226 g/mol. The highest BCUT2D eigenvalue weighted by Gasteiger charge is 2.27. The number of likely N-dealkylation sites (N-methyl/N-ethyl adjacent to an activating group) is 1. The Morgan fingerprint density at radius 2 is 2.11 bits per heavy atom. The molecule has 0 aromatic heterocycles. The fourth-order valence-electron chi connectivity index (χ4n) is 2.67. The van der Waals surface area contributed by atoms with E-state index in [1.165, 1.54) is 0 Å². The summed E-state index contributed by atoms with van der Waals surface area (Å²) in [4.78, 5) is 2.04. The molecule has 0 amide bonds. The average molecular weight is 245 g/mol. The quantitative estimate of drug-likeness (QED) is 0.780. The average Bonchev–Trinajstić information content (AvgIpc) is 2.38. The fraction of sp³-hybridized carbons (Fsp3) is 0.500. The molecule has 1 aromatic carbocycles. The lowest BCUT2D eigenvalue weighted by Crippen LogP contribution is -2.43. The number of nitrogen functional groups attached to an aromatic ring is 1. The summed E-state index contributed by atoms with van der Waals surface area (Å²) in [6, 6.07) is 7.49. The molecule has 1 aromatic rings. The highest BCUT2D eigenvalue weighted by atomic mass is 16.3.